The summed E-state index contributed by atoms with van der Waals surface area (Å²) in [6, 6.07) is 25.9. The number of hydrogen-bond acceptors (Lipinski definition) is 4. The molecule has 0 spiro atoms. The minimum atomic E-state index is 0.595. The summed E-state index contributed by atoms with van der Waals surface area (Å²) in [7, 11) is 0. The fraction of sp³-hybridized carbons (Fsp3) is 0.436. The maximum atomic E-state index is 5.94. The first-order chi connectivity index (χ1) is 21.5. The number of piperazine rings is 1. The predicted octanol–water partition coefficient (Wildman–Crippen LogP) is 8.24. The summed E-state index contributed by atoms with van der Waals surface area (Å²) >= 11 is 0. The van der Waals surface area contributed by atoms with Gasteiger partial charge in [0, 0.05) is 63.4 Å². The Morgan fingerprint density at radius 3 is 2.34 bits per heavy atom. The Kier molecular flexibility index (Phi) is 15.1. The molecule has 1 atom stereocenters. The molecule has 1 aliphatic rings. The van der Waals surface area contributed by atoms with Crippen LogP contribution in [0.5, 0.6) is 5.75 Å². The van der Waals surface area contributed by atoms with Crippen molar-refractivity contribution in [3.63, 3.8) is 0 Å². The molecule has 1 saturated heterocycles. The van der Waals surface area contributed by atoms with Gasteiger partial charge in [-0.25, -0.2) is 0 Å². The van der Waals surface area contributed by atoms with Gasteiger partial charge in [-0.05, 0) is 68.6 Å². The van der Waals surface area contributed by atoms with Gasteiger partial charge >= 0.3 is 0 Å². The fourth-order valence-electron chi connectivity index (χ4n) is 5.84. The van der Waals surface area contributed by atoms with Crippen molar-refractivity contribution in [1.29, 1.82) is 0 Å². The van der Waals surface area contributed by atoms with Crippen molar-refractivity contribution in [3.8, 4) is 5.75 Å². The lowest BCUT2D eigenvalue weighted by atomic mass is 10.1. The number of nitrogens with zero attached hydrogens (tertiary/aromatic N) is 3. The highest BCUT2D eigenvalue weighted by Gasteiger charge is 2.23. The van der Waals surface area contributed by atoms with Crippen molar-refractivity contribution in [2.75, 3.05) is 39.3 Å². The van der Waals surface area contributed by atoms with Gasteiger partial charge in [-0.1, -0.05) is 93.6 Å². The first kappa shape index (κ1) is 34.9. The zero-order chi connectivity index (χ0) is 31.7. The maximum Gasteiger partial charge on any atom is 0.119 e. The van der Waals surface area contributed by atoms with Crippen LogP contribution in [-0.2, 0) is 19.5 Å². The van der Waals surface area contributed by atoms with Crippen LogP contribution >= 0.6 is 0 Å². The van der Waals surface area contributed by atoms with Crippen molar-refractivity contribution >= 4 is 10.9 Å². The molecule has 0 amide bonds. The summed E-state index contributed by atoms with van der Waals surface area (Å²) in [6.45, 7) is 24.8. The van der Waals surface area contributed by atoms with E-state index in [-0.39, 0.29) is 0 Å². The SMILES string of the molecule is C=CNCc1ccccc1.CC.CCc1cccc2c(C)cn(CCCN3CCN(CCOc4ccc(C)cc4)CC3C)c12. The van der Waals surface area contributed by atoms with Gasteiger partial charge in [-0.15, -0.1) is 0 Å². The van der Waals surface area contributed by atoms with Crippen LogP contribution < -0.4 is 10.1 Å². The van der Waals surface area contributed by atoms with Gasteiger partial charge in [-0.3, -0.25) is 9.80 Å². The Bertz CT molecular complexity index is 1360. The van der Waals surface area contributed by atoms with E-state index in [2.05, 4.69) is 115 Å². The molecule has 1 aromatic heterocycles. The average Bonchev–Trinajstić information content (AvgIpc) is 3.39. The lowest BCUT2D eigenvalue weighted by molar-refractivity contribution is 0.0726. The fourth-order valence-corrected chi connectivity index (χ4v) is 5.84. The van der Waals surface area contributed by atoms with Gasteiger partial charge in [0.1, 0.15) is 12.4 Å². The minimum Gasteiger partial charge on any atom is -0.492 e. The van der Waals surface area contributed by atoms with E-state index in [9.17, 15) is 0 Å². The summed E-state index contributed by atoms with van der Waals surface area (Å²) in [5.74, 6) is 0.973. The highest BCUT2D eigenvalue weighted by molar-refractivity contribution is 5.86. The first-order valence-electron chi connectivity index (χ1n) is 16.6. The number of nitrogens with one attached hydrogen (secondary N) is 1. The lowest BCUT2D eigenvalue weighted by Gasteiger charge is -2.39. The van der Waals surface area contributed by atoms with E-state index >= 15 is 0 Å². The molecule has 1 fully saturated rings. The molecule has 0 radical (unpaired) electrons. The molecule has 5 rings (SSSR count). The maximum absolute atomic E-state index is 5.94. The molecule has 0 aliphatic carbocycles. The molecule has 1 unspecified atom stereocenters. The molecular formula is C39H56N4O. The standard InChI is InChI=1S/C28H39N3O.C9H11N.C2H6/c1-5-25-8-6-9-27-23(3)20-31(28(25)27)15-7-14-30-17-16-29(21-24(30)4)18-19-32-26-12-10-22(2)11-13-26;1-2-10-8-9-6-4-3-5-7-9;1-2/h6,8-13,20,24H,5,7,14-19,21H2,1-4H3;2-7,10H,1,8H2;1-2H3. The van der Waals surface area contributed by atoms with Gasteiger partial charge in [0.05, 0.1) is 5.52 Å². The summed E-state index contributed by atoms with van der Waals surface area (Å²) in [5, 5.41) is 4.44. The third-order valence-corrected chi connectivity index (χ3v) is 8.25. The zero-order valence-corrected chi connectivity index (χ0v) is 28.2. The van der Waals surface area contributed by atoms with E-state index < -0.39 is 0 Å². The second-order valence-corrected chi connectivity index (χ2v) is 11.4. The van der Waals surface area contributed by atoms with Crippen LogP contribution in [-0.4, -0.2) is 59.7 Å². The Morgan fingerprint density at radius 1 is 0.909 bits per heavy atom. The van der Waals surface area contributed by atoms with E-state index in [0.29, 0.717) is 6.04 Å². The van der Waals surface area contributed by atoms with Crippen LogP contribution in [0, 0.1) is 13.8 Å². The van der Waals surface area contributed by atoms with Crippen LogP contribution in [0.4, 0.5) is 0 Å². The summed E-state index contributed by atoms with van der Waals surface area (Å²) in [4.78, 5) is 5.21. The smallest absolute Gasteiger partial charge is 0.119 e. The number of hydrogen-bond donors (Lipinski definition) is 1. The number of aryl methyl sites for hydroxylation is 4. The number of aromatic nitrogens is 1. The third-order valence-electron chi connectivity index (χ3n) is 8.25. The molecule has 5 heteroatoms. The summed E-state index contributed by atoms with van der Waals surface area (Å²) < 4.78 is 8.43. The van der Waals surface area contributed by atoms with Crippen LogP contribution in [0.1, 0.15) is 56.4 Å². The van der Waals surface area contributed by atoms with E-state index in [1.807, 2.05) is 32.0 Å². The van der Waals surface area contributed by atoms with Crippen molar-refractivity contribution in [3.05, 3.63) is 114 Å². The van der Waals surface area contributed by atoms with Crippen LogP contribution in [0.25, 0.3) is 10.9 Å². The van der Waals surface area contributed by atoms with Crippen LogP contribution in [0.3, 0.4) is 0 Å². The van der Waals surface area contributed by atoms with E-state index in [1.165, 1.54) is 46.1 Å². The Balaban J connectivity index is 0.000000372. The number of benzene rings is 3. The second-order valence-electron chi connectivity index (χ2n) is 11.4. The topological polar surface area (TPSA) is 32.7 Å². The Morgan fingerprint density at radius 2 is 1.66 bits per heavy atom. The molecule has 1 N–H and O–H groups in total. The van der Waals surface area contributed by atoms with E-state index in [1.54, 1.807) is 6.20 Å². The molecular weight excluding hydrogens is 540 g/mol. The number of rotatable bonds is 12. The molecule has 0 bridgehead atoms. The Hall–Kier alpha value is -3.54. The monoisotopic (exact) mass is 596 g/mol. The molecule has 5 nitrogen and oxygen atoms in total. The highest BCUT2D eigenvalue weighted by atomic mass is 16.5. The zero-order valence-electron chi connectivity index (χ0n) is 28.2. The quantitative estimate of drug-likeness (QED) is 0.179. The van der Waals surface area contributed by atoms with E-state index in [4.69, 9.17) is 4.74 Å². The second kappa shape index (κ2) is 19.0. The third kappa shape index (κ3) is 10.6. The lowest BCUT2D eigenvalue weighted by Crippen LogP contribution is -2.52. The van der Waals surface area contributed by atoms with Crippen molar-refractivity contribution in [1.82, 2.24) is 19.7 Å². The number of ether oxygens (including phenoxy) is 1. The predicted molar refractivity (Wildman–Crippen MR) is 190 cm³/mol. The average molecular weight is 597 g/mol. The molecule has 238 valence electrons. The largest absolute Gasteiger partial charge is 0.492 e. The van der Waals surface area contributed by atoms with Gasteiger partial charge in [-0.2, -0.15) is 0 Å². The molecule has 2 heterocycles. The first-order valence-corrected chi connectivity index (χ1v) is 16.6. The molecule has 1 aliphatic heterocycles. The Labute approximate surface area is 267 Å². The molecule has 44 heavy (non-hydrogen) atoms. The van der Waals surface area contributed by atoms with Gasteiger partial charge in [0.15, 0.2) is 0 Å². The van der Waals surface area contributed by atoms with Gasteiger partial charge in [0.2, 0.25) is 0 Å². The minimum absolute atomic E-state index is 0.595. The number of para-hydroxylation sites is 1. The van der Waals surface area contributed by atoms with E-state index in [0.717, 1.165) is 58.0 Å². The summed E-state index contributed by atoms with van der Waals surface area (Å²) in [6.07, 6.45) is 6.34. The van der Waals surface area contributed by atoms with Gasteiger partial charge < -0.3 is 14.6 Å². The number of fused-ring (bicyclic) bond motifs is 1. The van der Waals surface area contributed by atoms with Crippen molar-refractivity contribution < 1.29 is 4.74 Å². The van der Waals surface area contributed by atoms with Crippen molar-refractivity contribution in [2.24, 2.45) is 0 Å². The van der Waals surface area contributed by atoms with Crippen LogP contribution in [0.15, 0.2) is 91.8 Å². The van der Waals surface area contributed by atoms with Crippen LogP contribution in [0.2, 0.25) is 0 Å². The van der Waals surface area contributed by atoms with Crippen molar-refractivity contribution in [2.45, 2.75) is 73.5 Å². The summed E-state index contributed by atoms with van der Waals surface area (Å²) in [5.41, 5.74) is 6.85. The highest BCUT2D eigenvalue weighted by Crippen LogP contribution is 2.25. The molecule has 0 saturated carbocycles. The molecule has 4 aromatic rings. The van der Waals surface area contributed by atoms with Gasteiger partial charge in [0.25, 0.3) is 0 Å². The molecule has 3 aromatic carbocycles. The normalized spacial score (nSPS) is 15.1.